The number of amides is 1. The quantitative estimate of drug-likeness (QED) is 0.700. The van der Waals surface area contributed by atoms with E-state index in [-0.39, 0.29) is 11.7 Å². The maximum atomic E-state index is 13.7. The Labute approximate surface area is 155 Å². The molecule has 0 saturated heterocycles. The van der Waals surface area contributed by atoms with E-state index in [9.17, 15) is 9.18 Å². The third-order valence-corrected chi connectivity index (χ3v) is 4.91. The lowest BCUT2D eigenvalue weighted by molar-refractivity contribution is 0.0393. The maximum absolute atomic E-state index is 13.7. The number of aryl methyl sites for hydroxylation is 1. The van der Waals surface area contributed by atoms with E-state index >= 15 is 0 Å². The van der Waals surface area contributed by atoms with E-state index < -0.39 is 11.7 Å². The summed E-state index contributed by atoms with van der Waals surface area (Å²) in [5, 5.41) is 2.74. The summed E-state index contributed by atoms with van der Waals surface area (Å²) in [5.41, 5.74) is 2.71. The van der Waals surface area contributed by atoms with Gasteiger partial charge >= 0.3 is 0 Å². The van der Waals surface area contributed by atoms with Crippen LogP contribution in [-0.4, -0.2) is 19.1 Å². The highest BCUT2D eigenvalue weighted by Crippen LogP contribution is 2.32. The van der Waals surface area contributed by atoms with E-state index in [2.05, 4.69) is 39.4 Å². The van der Waals surface area contributed by atoms with Gasteiger partial charge in [-0.3, -0.25) is 4.79 Å². The zero-order valence-electron chi connectivity index (χ0n) is 13.9. The maximum Gasteiger partial charge on any atom is 0.254 e. The Bertz CT molecular complexity index is 750. The smallest absolute Gasteiger partial charge is 0.254 e. The van der Waals surface area contributed by atoms with Crippen LogP contribution in [0.15, 0.2) is 46.9 Å². The molecule has 25 heavy (non-hydrogen) atoms. The molecule has 0 aromatic heterocycles. The normalized spacial score (nSPS) is 16.3. The summed E-state index contributed by atoms with van der Waals surface area (Å²) < 4.78 is 20.4. The van der Waals surface area contributed by atoms with E-state index in [0.29, 0.717) is 24.0 Å². The minimum absolute atomic E-state index is 0.0523. The first-order valence-corrected chi connectivity index (χ1v) is 9.37. The zero-order valence-corrected chi connectivity index (χ0v) is 15.5. The molecule has 1 N–H and O–H groups in total. The molecule has 0 fully saturated rings. The zero-order chi connectivity index (χ0) is 17.6. The fourth-order valence-electron chi connectivity index (χ4n) is 3.15. The highest BCUT2D eigenvalue weighted by atomic mass is 79.9. The largest absolute Gasteiger partial charge is 0.373 e. The summed E-state index contributed by atoms with van der Waals surface area (Å²) in [5.74, 6) is -0.919. The summed E-state index contributed by atoms with van der Waals surface area (Å²) in [6, 6.07) is 12.8. The number of carbonyl (C=O) groups excluding carboxylic acids is 1. The Hall–Kier alpha value is -1.72. The van der Waals surface area contributed by atoms with Crippen molar-refractivity contribution < 1.29 is 13.9 Å². The number of ether oxygens (including phenoxy) is 1. The first-order valence-electron chi connectivity index (χ1n) is 8.58. The van der Waals surface area contributed by atoms with Crippen molar-refractivity contribution in [1.82, 2.24) is 5.32 Å². The van der Waals surface area contributed by atoms with Crippen molar-refractivity contribution >= 4 is 21.8 Å². The fraction of sp³-hybridized carbons (Fsp3) is 0.350. The number of benzene rings is 2. The number of halogens is 2. The van der Waals surface area contributed by atoms with Gasteiger partial charge in [0.05, 0.1) is 11.7 Å². The van der Waals surface area contributed by atoms with Crippen LogP contribution in [0, 0.1) is 5.82 Å². The second kappa shape index (κ2) is 8.59. The molecule has 5 heteroatoms. The fourth-order valence-corrected chi connectivity index (χ4v) is 3.51. The van der Waals surface area contributed by atoms with Gasteiger partial charge in [-0.25, -0.2) is 4.39 Å². The van der Waals surface area contributed by atoms with Crippen molar-refractivity contribution in [2.75, 3.05) is 13.2 Å². The van der Waals surface area contributed by atoms with Gasteiger partial charge < -0.3 is 10.1 Å². The number of nitrogens with one attached hydrogen (secondary N) is 1. The van der Waals surface area contributed by atoms with Crippen LogP contribution in [0.3, 0.4) is 0 Å². The van der Waals surface area contributed by atoms with Gasteiger partial charge in [0, 0.05) is 17.6 Å². The summed E-state index contributed by atoms with van der Waals surface area (Å²) in [7, 11) is 0. The second-order valence-electron chi connectivity index (χ2n) is 6.18. The molecular formula is C20H21BrFNO2. The molecular weight excluding hydrogens is 385 g/mol. The first-order chi connectivity index (χ1) is 12.1. The van der Waals surface area contributed by atoms with E-state index in [1.165, 1.54) is 23.3 Å². The number of rotatable bonds is 6. The van der Waals surface area contributed by atoms with Gasteiger partial charge in [0.2, 0.25) is 0 Å². The molecule has 0 bridgehead atoms. The lowest BCUT2D eigenvalue weighted by Gasteiger charge is -2.25. The Morgan fingerprint density at radius 2 is 2.12 bits per heavy atom. The minimum atomic E-state index is -0.518. The van der Waals surface area contributed by atoms with Gasteiger partial charge in [-0.15, -0.1) is 0 Å². The average molecular weight is 406 g/mol. The number of hydrogen-bond acceptors (Lipinski definition) is 2. The van der Waals surface area contributed by atoms with Gasteiger partial charge in [-0.2, -0.15) is 0 Å². The van der Waals surface area contributed by atoms with Crippen LogP contribution < -0.4 is 5.32 Å². The molecule has 1 aliphatic rings. The minimum Gasteiger partial charge on any atom is -0.373 e. The Morgan fingerprint density at radius 3 is 3.00 bits per heavy atom. The van der Waals surface area contributed by atoms with Crippen molar-refractivity contribution in [2.45, 2.75) is 31.8 Å². The molecule has 132 valence electrons. The van der Waals surface area contributed by atoms with E-state index in [1.807, 2.05) is 6.07 Å². The third-order valence-electron chi connectivity index (χ3n) is 4.41. The molecule has 0 saturated carbocycles. The number of carbonyl (C=O) groups is 1. The first kappa shape index (κ1) is 18.1. The van der Waals surface area contributed by atoms with Crippen LogP contribution >= 0.6 is 15.9 Å². The van der Waals surface area contributed by atoms with E-state index in [1.54, 1.807) is 6.07 Å². The van der Waals surface area contributed by atoms with E-state index in [4.69, 9.17) is 4.74 Å². The predicted octanol–water partition coefficient (Wildman–Crippen LogP) is 4.80. The van der Waals surface area contributed by atoms with Gasteiger partial charge in [-0.1, -0.05) is 40.2 Å². The summed E-state index contributed by atoms with van der Waals surface area (Å²) in [6.45, 7) is 1.03. The molecule has 2 aromatic rings. The lowest BCUT2D eigenvalue weighted by atomic mass is 9.89. The molecule has 0 aliphatic heterocycles. The molecule has 1 atom stereocenters. The lowest BCUT2D eigenvalue weighted by Crippen LogP contribution is -2.26. The molecule has 3 nitrogen and oxygen atoms in total. The average Bonchev–Trinajstić information content (AvgIpc) is 2.63. The van der Waals surface area contributed by atoms with Crippen molar-refractivity contribution in [3.63, 3.8) is 0 Å². The summed E-state index contributed by atoms with van der Waals surface area (Å²) in [4.78, 5) is 12.0. The summed E-state index contributed by atoms with van der Waals surface area (Å²) >= 11 is 3.25. The molecule has 0 heterocycles. The van der Waals surface area contributed by atoms with Crippen molar-refractivity contribution in [2.24, 2.45) is 0 Å². The topological polar surface area (TPSA) is 38.3 Å². The van der Waals surface area contributed by atoms with Crippen molar-refractivity contribution in [3.8, 4) is 0 Å². The Balaban J connectivity index is 1.44. The highest BCUT2D eigenvalue weighted by molar-refractivity contribution is 9.10. The molecule has 2 aromatic carbocycles. The molecule has 1 unspecified atom stereocenters. The van der Waals surface area contributed by atoms with Crippen LogP contribution in [0.5, 0.6) is 0 Å². The molecule has 3 rings (SSSR count). The van der Waals surface area contributed by atoms with Crippen LogP contribution in [0.4, 0.5) is 4.39 Å². The van der Waals surface area contributed by atoms with Gasteiger partial charge in [0.15, 0.2) is 0 Å². The summed E-state index contributed by atoms with van der Waals surface area (Å²) in [6.07, 6.45) is 4.13. The molecule has 1 amide bonds. The molecule has 0 spiro atoms. The van der Waals surface area contributed by atoms with Gasteiger partial charge in [-0.05, 0) is 55.0 Å². The highest BCUT2D eigenvalue weighted by Gasteiger charge is 2.20. The second-order valence-corrected chi connectivity index (χ2v) is 7.10. The third kappa shape index (κ3) is 4.67. The predicted molar refractivity (Wildman–Crippen MR) is 99.1 cm³/mol. The van der Waals surface area contributed by atoms with Crippen LogP contribution in [-0.2, 0) is 11.2 Å². The van der Waals surface area contributed by atoms with Gasteiger partial charge in [0.1, 0.15) is 5.82 Å². The number of hydrogen-bond donors (Lipinski definition) is 1. The SMILES string of the molecule is O=C(NCCCOC1CCCc2ccccc21)c1cc(Br)ccc1F. The standard InChI is InChI=1S/C20H21BrFNO2/c21-15-9-10-18(22)17(13-15)20(24)23-11-4-12-25-19-8-3-6-14-5-1-2-7-16(14)19/h1-2,5,7,9-10,13,19H,3-4,6,8,11-12H2,(H,23,24). The van der Waals surface area contributed by atoms with Crippen LogP contribution in [0.25, 0.3) is 0 Å². The molecule has 0 radical (unpaired) electrons. The van der Waals surface area contributed by atoms with Crippen molar-refractivity contribution in [1.29, 1.82) is 0 Å². The number of fused-ring (bicyclic) bond motifs is 1. The Morgan fingerprint density at radius 1 is 1.28 bits per heavy atom. The monoisotopic (exact) mass is 405 g/mol. The van der Waals surface area contributed by atoms with Crippen molar-refractivity contribution in [3.05, 3.63) is 69.4 Å². The van der Waals surface area contributed by atoms with E-state index in [0.717, 1.165) is 19.3 Å². The van der Waals surface area contributed by atoms with Crippen LogP contribution in [0.2, 0.25) is 0 Å². The van der Waals surface area contributed by atoms with Crippen LogP contribution in [0.1, 0.15) is 46.9 Å². The van der Waals surface area contributed by atoms with Gasteiger partial charge in [0.25, 0.3) is 5.91 Å². The molecule has 1 aliphatic carbocycles. The Kier molecular flexibility index (Phi) is 6.21.